The summed E-state index contributed by atoms with van der Waals surface area (Å²) in [6.07, 6.45) is 5.18. The fourth-order valence-corrected chi connectivity index (χ4v) is 3.65. The molecule has 3 heteroatoms. The molecule has 0 spiro atoms. The third-order valence-electron chi connectivity index (χ3n) is 5.00. The Kier molecular flexibility index (Phi) is 2.56. The van der Waals surface area contributed by atoms with Crippen molar-refractivity contribution in [1.29, 1.82) is 0 Å². The second-order valence-electron chi connectivity index (χ2n) is 6.14. The van der Waals surface area contributed by atoms with Gasteiger partial charge in [0.15, 0.2) is 11.2 Å². The molecule has 1 atom stereocenters. The third kappa shape index (κ3) is 1.65. The van der Waals surface area contributed by atoms with Crippen molar-refractivity contribution in [3.05, 3.63) is 45.7 Å². The van der Waals surface area contributed by atoms with Crippen LogP contribution in [0.4, 0.5) is 0 Å². The fourth-order valence-electron chi connectivity index (χ4n) is 3.65. The van der Waals surface area contributed by atoms with Gasteiger partial charge in [-0.25, -0.2) is 0 Å². The lowest BCUT2D eigenvalue weighted by atomic mass is 9.69. The summed E-state index contributed by atoms with van der Waals surface area (Å²) in [7, 11) is 0. The Balaban J connectivity index is 1.87. The maximum absolute atomic E-state index is 12.5. The summed E-state index contributed by atoms with van der Waals surface area (Å²) < 4.78 is 0. The van der Waals surface area contributed by atoms with Gasteiger partial charge in [0.25, 0.3) is 0 Å². The Hall–Kier alpha value is -1.90. The molecule has 1 heterocycles. The lowest BCUT2D eigenvalue weighted by Crippen LogP contribution is -2.34. The minimum atomic E-state index is -0.0913. The van der Waals surface area contributed by atoms with Gasteiger partial charge in [-0.1, -0.05) is 31.4 Å². The summed E-state index contributed by atoms with van der Waals surface area (Å²) in [5.41, 5.74) is 2.03. The van der Waals surface area contributed by atoms with Gasteiger partial charge in [-0.05, 0) is 30.4 Å². The van der Waals surface area contributed by atoms with Crippen LogP contribution in [-0.2, 0) is 6.42 Å². The number of para-hydroxylation sites is 1. The first kappa shape index (κ1) is 11.9. The van der Waals surface area contributed by atoms with Crippen molar-refractivity contribution < 1.29 is 4.79 Å². The number of benzene rings is 1. The van der Waals surface area contributed by atoms with E-state index in [1.165, 1.54) is 19.3 Å². The standard InChI is InChI=1S/C17H17NO2/c19-15-9-11(10-4-3-5-10)8-14-16(15)17(20)12-6-1-2-7-13(12)18-14/h1-2,6-7,10-11H,3-5,8-9H2,(H,18,20). The highest BCUT2D eigenvalue weighted by Gasteiger charge is 2.35. The lowest BCUT2D eigenvalue weighted by molar-refractivity contribution is 0.0888. The Morgan fingerprint density at radius 3 is 2.55 bits per heavy atom. The van der Waals surface area contributed by atoms with Crippen molar-refractivity contribution in [2.75, 3.05) is 0 Å². The number of ketones is 1. The average Bonchev–Trinajstić information content (AvgIpc) is 2.36. The molecule has 3 nitrogen and oxygen atoms in total. The molecule has 20 heavy (non-hydrogen) atoms. The molecule has 0 aliphatic heterocycles. The zero-order chi connectivity index (χ0) is 13.7. The molecule has 0 radical (unpaired) electrons. The number of hydrogen-bond donors (Lipinski definition) is 1. The van der Waals surface area contributed by atoms with Gasteiger partial charge in [-0.15, -0.1) is 0 Å². The van der Waals surface area contributed by atoms with E-state index in [0.717, 1.165) is 17.6 Å². The topological polar surface area (TPSA) is 49.9 Å². The van der Waals surface area contributed by atoms with Gasteiger partial charge in [0.2, 0.25) is 0 Å². The molecule has 2 aromatic rings. The number of carbonyl (C=O) groups is 1. The van der Waals surface area contributed by atoms with Gasteiger partial charge in [-0.3, -0.25) is 9.59 Å². The second-order valence-corrected chi connectivity index (χ2v) is 6.14. The maximum atomic E-state index is 12.5. The smallest absolute Gasteiger partial charge is 0.200 e. The lowest BCUT2D eigenvalue weighted by Gasteiger charge is -2.36. The molecule has 0 amide bonds. The van der Waals surface area contributed by atoms with Crippen molar-refractivity contribution in [2.24, 2.45) is 11.8 Å². The number of pyridine rings is 1. The van der Waals surface area contributed by atoms with E-state index in [0.29, 0.717) is 29.2 Å². The van der Waals surface area contributed by atoms with Crippen LogP contribution in [0, 0.1) is 11.8 Å². The second kappa shape index (κ2) is 4.30. The Bertz CT molecular complexity index is 755. The van der Waals surface area contributed by atoms with Crippen molar-refractivity contribution in [2.45, 2.75) is 32.1 Å². The Labute approximate surface area is 117 Å². The van der Waals surface area contributed by atoms with Crippen molar-refractivity contribution in [3.63, 3.8) is 0 Å². The minimum Gasteiger partial charge on any atom is -0.358 e. The van der Waals surface area contributed by atoms with Gasteiger partial charge in [0.1, 0.15) is 0 Å². The van der Waals surface area contributed by atoms with Crippen LogP contribution in [0.2, 0.25) is 0 Å². The van der Waals surface area contributed by atoms with E-state index in [4.69, 9.17) is 0 Å². The molecule has 1 saturated carbocycles. The van der Waals surface area contributed by atoms with Crippen LogP contribution in [0.1, 0.15) is 41.7 Å². The predicted molar refractivity (Wildman–Crippen MR) is 78.1 cm³/mol. The molecule has 1 N–H and O–H groups in total. The summed E-state index contributed by atoms with van der Waals surface area (Å²) in [6.45, 7) is 0. The monoisotopic (exact) mass is 267 g/mol. The SMILES string of the molecule is O=C1CC(C2CCC2)Cc2[nH]c3ccccc3c(=O)c21. The van der Waals surface area contributed by atoms with Crippen LogP contribution in [0.15, 0.2) is 29.1 Å². The molecule has 0 bridgehead atoms. The van der Waals surface area contributed by atoms with Crippen LogP contribution in [0.5, 0.6) is 0 Å². The number of rotatable bonds is 1. The summed E-state index contributed by atoms with van der Waals surface area (Å²) in [5, 5.41) is 0.627. The number of H-pyrrole nitrogens is 1. The molecule has 4 rings (SSSR count). The van der Waals surface area contributed by atoms with E-state index in [1.807, 2.05) is 18.2 Å². The van der Waals surface area contributed by atoms with Gasteiger partial charge < -0.3 is 4.98 Å². The van der Waals surface area contributed by atoms with E-state index in [2.05, 4.69) is 4.98 Å². The minimum absolute atomic E-state index is 0.0372. The van der Waals surface area contributed by atoms with E-state index in [1.54, 1.807) is 6.07 Å². The predicted octanol–water partition coefficient (Wildman–Crippen LogP) is 3.07. The Morgan fingerprint density at radius 2 is 1.80 bits per heavy atom. The third-order valence-corrected chi connectivity index (χ3v) is 5.00. The highest BCUT2D eigenvalue weighted by Crippen LogP contribution is 2.39. The van der Waals surface area contributed by atoms with Crippen LogP contribution >= 0.6 is 0 Å². The molecule has 1 unspecified atom stereocenters. The first-order valence-corrected chi connectivity index (χ1v) is 7.41. The maximum Gasteiger partial charge on any atom is 0.200 e. The average molecular weight is 267 g/mol. The summed E-state index contributed by atoms with van der Waals surface area (Å²) in [5.74, 6) is 1.15. The molecule has 2 aliphatic carbocycles. The summed E-state index contributed by atoms with van der Waals surface area (Å²) in [6, 6.07) is 7.46. The molecule has 0 saturated heterocycles. The largest absolute Gasteiger partial charge is 0.358 e. The molecule has 2 aliphatic rings. The number of fused-ring (bicyclic) bond motifs is 2. The molecular weight excluding hydrogens is 250 g/mol. The van der Waals surface area contributed by atoms with Gasteiger partial charge in [-0.2, -0.15) is 0 Å². The van der Waals surface area contributed by atoms with E-state index < -0.39 is 0 Å². The zero-order valence-corrected chi connectivity index (χ0v) is 11.3. The highest BCUT2D eigenvalue weighted by molar-refractivity contribution is 6.01. The van der Waals surface area contributed by atoms with Crippen LogP contribution < -0.4 is 5.43 Å². The van der Waals surface area contributed by atoms with Crippen LogP contribution in [0.3, 0.4) is 0 Å². The van der Waals surface area contributed by atoms with Crippen molar-refractivity contribution in [1.82, 2.24) is 4.98 Å². The summed E-state index contributed by atoms with van der Waals surface area (Å²) >= 11 is 0. The first-order valence-electron chi connectivity index (χ1n) is 7.41. The van der Waals surface area contributed by atoms with Crippen molar-refractivity contribution >= 4 is 16.7 Å². The van der Waals surface area contributed by atoms with Gasteiger partial charge in [0.05, 0.1) is 5.56 Å². The van der Waals surface area contributed by atoms with Gasteiger partial charge >= 0.3 is 0 Å². The highest BCUT2D eigenvalue weighted by atomic mass is 16.1. The number of Topliss-reactive ketones (excluding diaryl/α,β-unsaturated/α-hetero) is 1. The fraction of sp³-hybridized carbons (Fsp3) is 0.412. The van der Waals surface area contributed by atoms with E-state index in [9.17, 15) is 9.59 Å². The molecule has 1 aromatic heterocycles. The normalized spacial score (nSPS) is 22.6. The van der Waals surface area contributed by atoms with Crippen molar-refractivity contribution in [3.8, 4) is 0 Å². The number of hydrogen-bond acceptors (Lipinski definition) is 2. The number of carbonyl (C=O) groups excluding carboxylic acids is 1. The number of aromatic amines is 1. The zero-order valence-electron chi connectivity index (χ0n) is 11.3. The van der Waals surface area contributed by atoms with Gasteiger partial charge in [0, 0.05) is 23.0 Å². The first-order chi connectivity index (χ1) is 9.74. The molecular formula is C17H17NO2. The molecule has 1 aromatic carbocycles. The Morgan fingerprint density at radius 1 is 1.00 bits per heavy atom. The van der Waals surface area contributed by atoms with E-state index >= 15 is 0 Å². The molecule has 102 valence electrons. The number of nitrogens with one attached hydrogen (secondary N) is 1. The summed E-state index contributed by atoms with van der Waals surface area (Å²) in [4.78, 5) is 28.2. The number of aromatic nitrogens is 1. The molecule has 1 fully saturated rings. The van der Waals surface area contributed by atoms with Crippen LogP contribution in [-0.4, -0.2) is 10.8 Å². The van der Waals surface area contributed by atoms with E-state index in [-0.39, 0.29) is 11.2 Å². The van der Waals surface area contributed by atoms with Crippen LogP contribution in [0.25, 0.3) is 10.9 Å². The quantitative estimate of drug-likeness (QED) is 0.863.